The van der Waals surface area contributed by atoms with Crippen LogP contribution in [0.25, 0.3) is 0 Å². The molecule has 2 aliphatic rings. The second kappa shape index (κ2) is 9.53. The van der Waals surface area contributed by atoms with E-state index in [1.54, 1.807) is 6.07 Å². The largest absolute Gasteiger partial charge is 0.394 e. The number of rotatable bonds is 6. The Kier molecular flexibility index (Phi) is 6.93. The highest BCUT2D eigenvalue weighted by Gasteiger charge is 2.45. The number of hydrogen-bond donors (Lipinski definition) is 4. The van der Waals surface area contributed by atoms with Crippen molar-refractivity contribution in [3.05, 3.63) is 69.3 Å². The molecule has 1 heterocycles. The Morgan fingerprint density at radius 3 is 2.25 bits per heavy atom. The van der Waals surface area contributed by atoms with Gasteiger partial charge in [0, 0.05) is 5.56 Å². The average Bonchev–Trinajstić information content (AvgIpc) is 3.27. The Hall–Kier alpha value is -1.90. The maximum atomic E-state index is 14.2. The molecule has 0 aromatic heterocycles. The summed E-state index contributed by atoms with van der Waals surface area (Å²) in [6, 6.07) is 9.52. The van der Waals surface area contributed by atoms with Crippen LogP contribution in [0, 0.1) is 0 Å². The molecule has 1 aliphatic heterocycles. The summed E-state index contributed by atoms with van der Waals surface area (Å²) < 4.78 is 34.2. The van der Waals surface area contributed by atoms with Crippen LogP contribution in [0.5, 0.6) is 0 Å². The Morgan fingerprint density at radius 1 is 0.969 bits per heavy atom. The van der Waals surface area contributed by atoms with Gasteiger partial charge in [0.15, 0.2) is 0 Å². The zero-order chi connectivity index (χ0) is 23.0. The van der Waals surface area contributed by atoms with Gasteiger partial charge >= 0.3 is 0 Å². The molecule has 0 amide bonds. The topological polar surface area (TPSA) is 90.2 Å². The minimum atomic E-state index is -2.63. The normalized spacial score (nSPS) is 27.7. The quantitative estimate of drug-likeness (QED) is 0.546. The number of alkyl halides is 2. The fourth-order valence-corrected chi connectivity index (χ4v) is 5.05. The number of benzene rings is 2. The van der Waals surface area contributed by atoms with E-state index >= 15 is 0 Å². The molecule has 0 saturated carbocycles. The van der Waals surface area contributed by atoms with Gasteiger partial charge in [-0.15, -0.1) is 0 Å². The number of fused-ring (bicyclic) bond motifs is 1. The van der Waals surface area contributed by atoms with E-state index < -0.39 is 43.6 Å². The Labute approximate surface area is 186 Å². The predicted molar refractivity (Wildman–Crippen MR) is 115 cm³/mol. The summed E-state index contributed by atoms with van der Waals surface area (Å²) in [5.41, 5.74) is 4.45. The molecule has 0 spiro atoms. The molecule has 0 radical (unpaired) electrons. The van der Waals surface area contributed by atoms with Crippen LogP contribution in [0.1, 0.15) is 64.8 Å². The van der Waals surface area contributed by atoms with Crippen LogP contribution in [0.2, 0.25) is 0 Å². The monoisotopic (exact) mass is 448 g/mol. The average molecular weight is 449 g/mol. The van der Waals surface area contributed by atoms with E-state index in [4.69, 9.17) is 4.74 Å². The van der Waals surface area contributed by atoms with Gasteiger partial charge in [0.1, 0.15) is 30.5 Å². The fraction of sp³-hybridized carbons (Fsp3) is 0.520. The first kappa shape index (κ1) is 23.3. The molecule has 4 rings (SSSR count). The molecule has 4 N–H and O–H groups in total. The first-order valence-electron chi connectivity index (χ1n) is 11.2. The molecule has 1 saturated heterocycles. The van der Waals surface area contributed by atoms with Crippen molar-refractivity contribution < 1.29 is 33.9 Å². The molecule has 1 unspecified atom stereocenters. The van der Waals surface area contributed by atoms with Gasteiger partial charge in [-0.3, -0.25) is 0 Å². The number of aryl methyl sites for hydroxylation is 1. The number of halogens is 2. The number of aliphatic hydroxyl groups excluding tert-OH is 4. The van der Waals surface area contributed by atoms with Crippen LogP contribution < -0.4 is 0 Å². The van der Waals surface area contributed by atoms with E-state index in [1.165, 1.54) is 5.56 Å². The Bertz CT molecular complexity index is 944. The second-order valence-electron chi connectivity index (χ2n) is 8.75. The van der Waals surface area contributed by atoms with Gasteiger partial charge in [-0.05, 0) is 65.5 Å². The maximum Gasteiger partial charge on any atom is 0.264 e. The third-order valence-electron chi connectivity index (χ3n) is 6.81. The summed E-state index contributed by atoms with van der Waals surface area (Å²) in [5.74, 6) is 0. The molecule has 2 aromatic rings. The number of ether oxygens (including phenoxy) is 1. The lowest BCUT2D eigenvalue weighted by molar-refractivity contribution is -0.231. The van der Waals surface area contributed by atoms with Crippen LogP contribution in [0.15, 0.2) is 30.3 Å². The summed E-state index contributed by atoms with van der Waals surface area (Å²) in [6.45, 7) is 1.52. The summed E-state index contributed by atoms with van der Waals surface area (Å²) in [7, 11) is 0. The highest BCUT2D eigenvalue weighted by molar-refractivity contribution is 5.52. The van der Waals surface area contributed by atoms with Gasteiger partial charge in [-0.1, -0.05) is 37.3 Å². The molecule has 0 bridgehead atoms. The minimum Gasteiger partial charge on any atom is -0.394 e. The molecule has 1 aliphatic carbocycles. The van der Waals surface area contributed by atoms with Gasteiger partial charge in [-0.25, -0.2) is 8.78 Å². The predicted octanol–water partition coefficient (Wildman–Crippen LogP) is 2.78. The first-order valence-corrected chi connectivity index (χ1v) is 11.2. The lowest BCUT2D eigenvalue weighted by Crippen LogP contribution is -2.55. The smallest absolute Gasteiger partial charge is 0.264 e. The standard InChI is InChI=1S/C25H30F2O5/c1-2-13-6-8-14(9-7-13)10-15-11-18(16-4-3-5-17(16)20(15)25(26)27)24-23(31)22(30)21(29)19(12-28)32-24/h6-9,11,19,21-25,28-31H,2-5,10,12H2,1H3/t19-,21-,22+,23-,24?/m1/s1. The molecule has 2 aromatic carbocycles. The van der Waals surface area contributed by atoms with Crippen LogP contribution in [-0.2, 0) is 30.4 Å². The zero-order valence-electron chi connectivity index (χ0n) is 18.0. The van der Waals surface area contributed by atoms with Crippen LogP contribution in [-0.4, -0.2) is 51.4 Å². The third kappa shape index (κ3) is 4.20. The summed E-state index contributed by atoms with van der Waals surface area (Å²) in [6.07, 6.45) is -6.10. The summed E-state index contributed by atoms with van der Waals surface area (Å²) >= 11 is 0. The van der Waals surface area contributed by atoms with E-state index in [2.05, 4.69) is 6.92 Å². The molecular formula is C25H30F2O5. The Balaban J connectivity index is 1.79. The molecule has 1 fully saturated rings. The SMILES string of the molecule is CCc1ccc(Cc2cc(C3O[C@H](CO)[C@@H](O)[C@H](O)[C@H]3O)c3c(c2C(F)F)CCC3)cc1. The van der Waals surface area contributed by atoms with Crippen LogP contribution >= 0.6 is 0 Å². The fourth-order valence-electron chi connectivity index (χ4n) is 5.05. The molecule has 7 heteroatoms. The van der Waals surface area contributed by atoms with Crippen molar-refractivity contribution in [2.24, 2.45) is 0 Å². The lowest BCUT2D eigenvalue weighted by Gasteiger charge is -2.41. The van der Waals surface area contributed by atoms with Gasteiger partial charge in [0.2, 0.25) is 0 Å². The lowest BCUT2D eigenvalue weighted by atomic mass is 9.84. The Morgan fingerprint density at radius 2 is 1.62 bits per heavy atom. The van der Waals surface area contributed by atoms with E-state index in [1.807, 2.05) is 24.3 Å². The van der Waals surface area contributed by atoms with Crippen molar-refractivity contribution in [2.75, 3.05) is 6.61 Å². The van der Waals surface area contributed by atoms with E-state index in [-0.39, 0.29) is 5.56 Å². The molecule has 32 heavy (non-hydrogen) atoms. The molecule has 5 atom stereocenters. The zero-order valence-corrected chi connectivity index (χ0v) is 18.0. The number of aliphatic hydroxyl groups is 4. The van der Waals surface area contributed by atoms with Gasteiger partial charge in [0.05, 0.1) is 6.61 Å². The van der Waals surface area contributed by atoms with Crippen LogP contribution in [0.4, 0.5) is 8.78 Å². The molecule has 174 valence electrons. The van der Waals surface area contributed by atoms with Gasteiger partial charge in [-0.2, -0.15) is 0 Å². The highest BCUT2D eigenvalue weighted by atomic mass is 19.3. The molecular weight excluding hydrogens is 418 g/mol. The summed E-state index contributed by atoms with van der Waals surface area (Å²) in [4.78, 5) is 0. The van der Waals surface area contributed by atoms with Gasteiger partial charge < -0.3 is 25.2 Å². The van der Waals surface area contributed by atoms with Crippen molar-refractivity contribution in [3.63, 3.8) is 0 Å². The van der Waals surface area contributed by atoms with Crippen molar-refractivity contribution in [1.29, 1.82) is 0 Å². The van der Waals surface area contributed by atoms with Crippen molar-refractivity contribution >= 4 is 0 Å². The number of hydrogen-bond acceptors (Lipinski definition) is 5. The van der Waals surface area contributed by atoms with Crippen molar-refractivity contribution in [1.82, 2.24) is 0 Å². The van der Waals surface area contributed by atoms with E-state index in [9.17, 15) is 29.2 Å². The highest BCUT2D eigenvalue weighted by Crippen LogP contribution is 2.43. The maximum absolute atomic E-state index is 14.2. The van der Waals surface area contributed by atoms with Gasteiger partial charge in [0.25, 0.3) is 6.43 Å². The summed E-state index contributed by atoms with van der Waals surface area (Å²) in [5, 5.41) is 40.6. The molecule has 5 nitrogen and oxygen atoms in total. The van der Waals surface area contributed by atoms with Crippen molar-refractivity contribution in [2.45, 2.75) is 76.0 Å². The first-order chi connectivity index (χ1) is 15.3. The minimum absolute atomic E-state index is 0.0467. The van der Waals surface area contributed by atoms with E-state index in [0.717, 1.165) is 17.5 Å². The van der Waals surface area contributed by atoms with Crippen LogP contribution in [0.3, 0.4) is 0 Å². The van der Waals surface area contributed by atoms with E-state index in [0.29, 0.717) is 42.4 Å². The third-order valence-corrected chi connectivity index (χ3v) is 6.81. The second-order valence-corrected chi connectivity index (χ2v) is 8.75. The van der Waals surface area contributed by atoms with Crippen molar-refractivity contribution in [3.8, 4) is 0 Å².